The number of aliphatic hydroxyl groups excluding tert-OH is 1. The Hall–Kier alpha value is -2.01. The number of rotatable bonds is 4. The molecule has 0 spiro atoms. The Morgan fingerprint density at radius 2 is 1.63 bits per heavy atom. The number of hydrogen-bond donors (Lipinski definition) is 1. The first kappa shape index (κ1) is 13.4. The Kier molecular flexibility index (Phi) is 4.06. The van der Waals surface area contributed by atoms with Crippen LogP contribution in [0.25, 0.3) is 0 Å². The zero-order chi connectivity index (χ0) is 13.8. The van der Waals surface area contributed by atoms with Crippen LogP contribution in [0, 0.1) is 17.5 Å². The summed E-state index contributed by atoms with van der Waals surface area (Å²) >= 11 is 0. The van der Waals surface area contributed by atoms with E-state index in [-0.39, 0.29) is 12.2 Å². The highest BCUT2D eigenvalue weighted by molar-refractivity contribution is 5.23. The van der Waals surface area contributed by atoms with Gasteiger partial charge in [-0.05, 0) is 42.0 Å². The summed E-state index contributed by atoms with van der Waals surface area (Å²) in [5.41, 5.74) is 0.209. The molecular formula is C14H11F3O2. The quantitative estimate of drug-likeness (QED) is 0.922. The third-order valence-corrected chi connectivity index (χ3v) is 2.55. The largest absolute Gasteiger partial charge is 0.491 e. The first-order valence-corrected chi connectivity index (χ1v) is 5.57. The third kappa shape index (κ3) is 3.48. The summed E-state index contributed by atoms with van der Waals surface area (Å²) in [5.74, 6) is -2.02. The number of ether oxygens (including phenoxy) is 1. The molecule has 0 aliphatic heterocycles. The second-order valence-corrected chi connectivity index (χ2v) is 3.95. The maximum absolute atomic E-state index is 13.0. The van der Waals surface area contributed by atoms with Crippen LogP contribution in [0.4, 0.5) is 13.2 Å². The molecule has 5 heteroatoms. The number of aliphatic hydroxyl groups is 1. The van der Waals surface area contributed by atoms with Gasteiger partial charge in [0.25, 0.3) is 0 Å². The molecule has 0 saturated carbocycles. The lowest BCUT2D eigenvalue weighted by molar-refractivity contribution is 0.108. The van der Waals surface area contributed by atoms with Crippen molar-refractivity contribution in [3.63, 3.8) is 0 Å². The van der Waals surface area contributed by atoms with Gasteiger partial charge >= 0.3 is 0 Å². The van der Waals surface area contributed by atoms with Crippen LogP contribution in [0.2, 0.25) is 0 Å². The smallest absolute Gasteiger partial charge is 0.159 e. The Morgan fingerprint density at radius 1 is 0.947 bits per heavy atom. The van der Waals surface area contributed by atoms with E-state index in [2.05, 4.69) is 0 Å². The lowest BCUT2D eigenvalue weighted by Crippen LogP contribution is -2.10. The lowest BCUT2D eigenvalue weighted by atomic mass is 10.1. The summed E-state index contributed by atoms with van der Waals surface area (Å²) in [7, 11) is 0. The van der Waals surface area contributed by atoms with Gasteiger partial charge in [-0.1, -0.05) is 6.07 Å². The van der Waals surface area contributed by atoms with Gasteiger partial charge in [-0.3, -0.25) is 0 Å². The maximum atomic E-state index is 13.0. The SMILES string of the molecule is OC(COc1ccc(F)cc1)c1ccc(F)c(F)c1. The van der Waals surface area contributed by atoms with Crippen molar-refractivity contribution in [1.82, 2.24) is 0 Å². The average molecular weight is 268 g/mol. The molecule has 1 atom stereocenters. The van der Waals surface area contributed by atoms with Crippen molar-refractivity contribution >= 4 is 0 Å². The Balaban J connectivity index is 1.98. The molecule has 19 heavy (non-hydrogen) atoms. The molecule has 0 amide bonds. The van der Waals surface area contributed by atoms with Crippen molar-refractivity contribution < 1.29 is 23.0 Å². The molecule has 0 saturated heterocycles. The van der Waals surface area contributed by atoms with Gasteiger partial charge in [-0.2, -0.15) is 0 Å². The molecule has 1 N–H and O–H groups in total. The molecule has 0 fully saturated rings. The summed E-state index contributed by atoms with van der Waals surface area (Å²) in [5, 5.41) is 9.76. The van der Waals surface area contributed by atoms with Gasteiger partial charge in [-0.15, -0.1) is 0 Å². The summed E-state index contributed by atoms with van der Waals surface area (Å²) in [6.45, 7) is -0.142. The highest BCUT2D eigenvalue weighted by Gasteiger charge is 2.11. The molecular weight excluding hydrogens is 257 g/mol. The zero-order valence-electron chi connectivity index (χ0n) is 9.82. The summed E-state index contributed by atoms with van der Waals surface area (Å²) in [6.07, 6.45) is -1.10. The monoisotopic (exact) mass is 268 g/mol. The molecule has 0 aromatic heterocycles. The standard InChI is InChI=1S/C14H11F3O2/c15-10-2-4-11(5-3-10)19-8-14(18)9-1-6-12(16)13(17)7-9/h1-7,14,18H,8H2. The normalized spacial score (nSPS) is 12.2. The molecule has 100 valence electrons. The molecule has 0 aliphatic rings. The van der Waals surface area contributed by atoms with Crippen LogP contribution in [0.15, 0.2) is 42.5 Å². The molecule has 2 nitrogen and oxygen atoms in total. The predicted octanol–water partition coefficient (Wildman–Crippen LogP) is 3.22. The third-order valence-electron chi connectivity index (χ3n) is 2.55. The zero-order valence-corrected chi connectivity index (χ0v) is 9.82. The second kappa shape index (κ2) is 5.75. The van der Waals surface area contributed by atoms with E-state index in [1.54, 1.807) is 0 Å². The van der Waals surface area contributed by atoms with Crippen LogP contribution in [-0.4, -0.2) is 11.7 Å². The van der Waals surface area contributed by atoms with E-state index in [4.69, 9.17) is 4.74 Å². The van der Waals surface area contributed by atoms with Crippen LogP contribution >= 0.6 is 0 Å². The first-order valence-electron chi connectivity index (χ1n) is 5.57. The van der Waals surface area contributed by atoms with E-state index in [9.17, 15) is 18.3 Å². The van der Waals surface area contributed by atoms with E-state index in [0.29, 0.717) is 5.75 Å². The molecule has 0 bridgehead atoms. The molecule has 2 aromatic rings. The van der Waals surface area contributed by atoms with Crippen molar-refractivity contribution in [3.05, 3.63) is 65.5 Å². The summed E-state index contributed by atoms with van der Waals surface area (Å²) in [4.78, 5) is 0. The van der Waals surface area contributed by atoms with Crippen LogP contribution < -0.4 is 4.74 Å². The molecule has 0 aliphatic carbocycles. The van der Waals surface area contributed by atoms with Gasteiger partial charge < -0.3 is 9.84 Å². The van der Waals surface area contributed by atoms with Gasteiger partial charge in [0.15, 0.2) is 11.6 Å². The summed E-state index contributed by atoms with van der Waals surface area (Å²) in [6, 6.07) is 8.38. The van der Waals surface area contributed by atoms with Gasteiger partial charge in [0.2, 0.25) is 0 Å². The first-order chi connectivity index (χ1) is 9.06. The minimum Gasteiger partial charge on any atom is -0.491 e. The van der Waals surface area contributed by atoms with Crippen LogP contribution in [0.1, 0.15) is 11.7 Å². The minimum absolute atomic E-state index is 0.142. The second-order valence-electron chi connectivity index (χ2n) is 3.95. The van der Waals surface area contributed by atoms with Crippen molar-refractivity contribution in [1.29, 1.82) is 0 Å². The van der Waals surface area contributed by atoms with E-state index in [1.807, 2.05) is 0 Å². The Morgan fingerprint density at radius 3 is 2.26 bits per heavy atom. The fraction of sp³-hybridized carbons (Fsp3) is 0.143. The van der Waals surface area contributed by atoms with Crippen LogP contribution in [0.3, 0.4) is 0 Å². The highest BCUT2D eigenvalue weighted by atomic mass is 19.2. The molecule has 1 unspecified atom stereocenters. The Bertz CT molecular complexity index is 555. The van der Waals surface area contributed by atoms with Crippen LogP contribution in [0.5, 0.6) is 5.75 Å². The lowest BCUT2D eigenvalue weighted by Gasteiger charge is -2.13. The highest BCUT2D eigenvalue weighted by Crippen LogP contribution is 2.18. The van der Waals surface area contributed by atoms with Crippen molar-refractivity contribution in [2.24, 2.45) is 0 Å². The van der Waals surface area contributed by atoms with E-state index in [0.717, 1.165) is 12.1 Å². The van der Waals surface area contributed by atoms with E-state index < -0.39 is 23.6 Å². The molecule has 2 aromatic carbocycles. The van der Waals surface area contributed by atoms with Crippen LogP contribution in [-0.2, 0) is 0 Å². The number of benzene rings is 2. The van der Waals surface area contributed by atoms with Gasteiger partial charge in [-0.25, -0.2) is 13.2 Å². The Labute approximate surface area is 108 Å². The predicted molar refractivity (Wildman–Crippen MR) is 63.2 cm³/mol. The van der Waals surface area contributed by atoms with E-state index >= 15 is 0 Å². The van der Waals surface area contributed by atoms with Crippen molar-refractivity contribution in [3.8, 4) is 5.75 Å². The molecule has 0 heterocycles. The van der Waals surface area contributed by atoms with Crippen molar-refractivity contribution in [2.45, 2.75) is 6.10 Å². The average Bonchev–Trinajstić information content (AvgIpc) is 2.41. The molecule has 2 rings (SSSR count). The number of halogens is 3. The molecule has 0 radical (unpaired) electrons. The van der Waals surface area contributed by atoms with Gasteiger partial charge in [0, 0.05) is 0 Å². The van der Waals surface area contributed by atoms with Gasteiger partial charge in [0.1, 0.15) is 24.3 Å². The summed E-state index contributed by atoms with van der Waals surface area (Å²) < 4.78 is 43.6. The topological polar surface area (TPSA) is 29.5 Å². The fourth-order valence-electron chi connectivity index (χ4n) is 1.52. The fourth-order valence-corrected chi connectivity index (χ4v) is 1.52. The van der Waals surface area contributed by atoms with Crippen molar-refractivity contribution in [2.75, 3.05) is 6.61 Å². The number of hydrogen-bond acceptors (Lipinski definition) is 2. The van der Waals surface area contributed by atoms with Gasteiger partial charge in [0.05, 0.1) is 0 Å². The minimum atomic E-state index is -1.10. The van der Waals surface area contributed by atoms with E-state index in [1.165, 1.54) is 30.3 Å². The maximum Gasteiger partial charge on any atom is 0.159 e.